The van der Waals surface area contributed by atoms with Crippen LogP contribution in [0.25, 0.3) is 0 Å². The van der Waals surface area contributed by atoms with Gasteiger partial charge in [-0.1, -0.05) is 5.10 Å². The first-order valence-electron chi connectivity index (χ1n) is 5.61. The normalized spacial score (nSPS) is 10.6. The van der Waals surface area contributed by atoms with E-state index in [1.807, 2.05) is 0 Å². The van der Waals surface area contributed by atoms with Crippen LogP contribution in [0.2, 0.25) is 0 Å². The number of H-pyrrole nitrogens is 1. The van der Waals surface area contributed by atoms with E-state index < -0.39 is 0 Å². The average Bonchev–Trinajstić information content (AvgIpc) is 2.99. The molecule has 0 saturated heterocycles. The van der Waals surface area contributed by atoms with E-state index in [9.17, 15) is 0 Å². The van der Waals surface area contributed by atoms with E-state index >= 15 is 0 Å². The second kappa shape index (κ2) is 6.36. The number of hydrogen-bond acceptors (Lipinski definition) is 8. The standard InChI is InChI=1S/C11H14N6O3/c1-18-8-5-10(20-3)9(19-2)4-7(8)6-12-13-11-14-16-17-15-11/h4-6H,1-3H3,(H2,13,14,15,16,17). The number of ether oxygens (including phenoxy) is 3. The van der Waals surface area contributed by atoms with E-state index in [2.05, 4.69) is 31.2 Å². The van der Waals surface area contributed by atoms with Crippen LogP contribution in [0.15, 0.2) is 17.2 Å². The molecule has 0 bridgehead atoms. The van der Waals surface area contributed by atoms with Crippen molar-refractivity contribution in [1.82, 2.24) is 20.6 Å². The van der Waals surface area contributed by atoms with Crippen molar-refractivity contribution in [2.24, 2.45) is 5.10 Å². The number of tetrazole rings is 1. The molecule has 0 aliphatic rings. The number of hydrazone groups is 1. The molecule has 0 amide bonds. The molecule has 20 heavy (non-hydrogen) atoms. The second-order valence-corrected chi connectivity index (χ2v) is 3.55. The molecule has 9 nitrogen and oxygen atoms in total. The number of anilines is 1. The Bertz CT molecular complexity index is 584. The molecule has 1 heterocycles. The predicted octanol–water partition coefficient (Wildman–Crippen LogP) is 0.671. The van der Waals surface area contributed by atoms with Crippen LogP contribution >= 0.6 is 0 Å². The lowest BCUT2D eigenvalue weighted by Crippen LogP contribution is -1.98. The van der Waals surface area contributed by atoms with Gasteiger partial charge in [-0.3, -0.25) is 0 Å². The molecular weight excluding hydrogens is 264 g/mol. The Morgan fingerprint density at radius 1 is 1.10 bits per heavy atom. The largest absolute Gasteiger partial charge is 0.496 e. The third-order valence-corrected chi connectivity index (χ3v) is 2.45. The maximum Gasteiger partial charge on any atom is 0.283 e. The highest BCUT2D eigenvalue weighted by molar-refractivity contribution is 5.85. The van der Waals surface area contributed by atoms with Crippen LogP contribution in [0.3, 0.4) is 0 Å². The molecule has 0 saturated carbocycles. The summed E-state index contributed by atoms with van der Waals surface area (Å²) in [5, 5.41) is 17.1. The van der Waals surface area contributed by atoms with Crippen LogP contribution in [-0.4, -0.2) is 48.2 Å². The molecule has 2 rings (SSSR count). The number of aromatic amines is 1. The minimum Gasteiger partial charge on any atom is -0.496 e. The first-order chi connectivity index (χ1) is 9.78. The summed E-state index contributed by atoms with van der Waals surface area (Å²) in [5.74, 6) is 2.02. The van der Waals surface area contributed by atoms with Crippen LogP contribution < -0.4 is 19.6 Å². The molecule has 0 unspecified atom stereocenters. The van der Waals surface area contributed by atoms with Gasteiger partial charge < -0.3 is 14.2 Å². The van der Waals surface area contributed by atoms with Gasteiger partial charge in [0.15, 0.2) is 11.5 Å². The molecular formula is C11H14N6O3. The van der Waals surface area contributed by atoms with E-state index in [-0.39, 0.29) is 5.95 Å². The summed E-state index contributed by atoms with van der Waals surface area (Å²) in [6.07, 6.45) is 1.55. The maximum absolute atomic E-state index is 5.27. The molecule has 1 aromatic carbocycles. The van der Waals surface area contributed by atoms with Crippen molar-refractivity contribution >= 4 is 12.2 Å². The molecule has 2 N–H and O–H groups in total. The molecule has 0 fully saturated rings. The van der Waals surface area contributed by atoms with Gasteiger partial charge in [0.25, 0.3) is 5.95 Å². The molecule has 1 aromatic heterocycles. The fraction of sp³-hybridized carbons (Fsp3) is 0.273. The highest BCUT2D eigenvalue weighted by Gasteiger charge is 2.10. The van der Waals surface area contributed by atoms with Crippen molar-refractivity contribution in [2.75, 3.05) is 26.8 Å². The summed E-state index contributed by atoms with van der Waals surface area (Å²) in [4.78, 5) is 0. The van der Waals surface area contributed by atoms with Crippen molar-refractivity contribution in [2.45, 2.75) is 0 Å². The number of nitrogens with one attached hydrogen (secondary N) is 2. The fourth-order valence-electron chi connectivity index (χ4n) is 1.52. The minimum atomic E-state index is 0.265. The molecule has 0 spiro atoms. The quantitative estimate of drug-likeness (QED) is 0.590. The number of methoxy groups -OCH3 is 3. The Morgan fingerprint density at radius 3 is 2.40 bits per heavy atom. The Kier molecular flexibility index (Phi) is 4.32. The van der Waals surface area contributed by atoms with Gasteiger partial charge in [0, 0.05) is 11.6 Å². The van der Waals surface area contributed by atoms with Gasteiger partial charge in [0.1, 0.15) is 5.75 Å². The van der Waals surface area contributed by atoms with E-state index in [1.54, 1.807) is 39.7 Å². The maximum atomic E-state index is 5.27. The van der Waals surface area contributed by atoms with Crippen LogP contribution in [-0.2, 0) is 0 Å². The summed E-state index contributed by atoms with van der Waals surface area (Å²) in [5.41, 5.74) is 3.33. The predicted molar refractivity (Wildman–Crippen MR) is 71.5 cm³/mol. The first kappa shape index (κ1) is 13.6. The molecule has 0 aliphatic carbocycles. The van der Waals surface area contributed by atoms with Crippen molar-refractivity contribution < 1.29 is 14.2 Å². The average molecular weight is 278 g/mol. The molecule has 9 heteroatoms. The molecule has 0 radical (unpaired) electrons. The Morgan fingerprint density at radius 2 is 1.80 bits per heavy atom. The van der Waals surface area contributed by atoms with Crippen LogP contribution in [0, 0.1) is 0 Å². The Labute approximate surface area is 114 Å². The van der Waals surface area contributed by atoms with Gasteiger partial charge in [0.05, 0.1) is 27.5 Å². The zero-order chi connectivity index (χ0) is 14.4. The monoisotopic (exact) mass is 278 g/mol. The summed E-state index contributed by atoms with van der Waals surface area (Å²) in [6, 6.07) is 3.47. The van der Waals surface area contributed by atoms with E-state index in [0.717, 1.165) is 0 Å². The van der Waals surface area contributed by atoms with Gasteiger partial charge in [-0.25, -0.2) is 5.43 Å². The summed E-state index contributed by atoms with van der Waals surface area (Å²) >= 11 is 0. The lowest BCUT2D eigenvalue weighted by atomic mass is 10.2. The van der Waals surface area contributed by atoms with Crippen LogP contribution in [0.5, 0.6) is 17.2 Å². The van der Waals surface area contributed by atoms with Crippen molar-refractivity contribution in [3.8, 4) is 17.2 Å². The van der Waals surface area contributed by atoms with Crippen molar-refractivity contribution in [3.05, 3.63) is 17.7 Å². The van der Waals surface area contributed by atoms with Gasteiger partial charge in [-0.05, 0) is 11.3 Å². The highest BCUT2D eigenvalue weighted by Crippen LogP contribution is 2.33. The summed E-state index contributed by atoms with van der Waals surface area (Å²) < 4.78 is 15.7. The second-order valence-electron chi connectivity index (χ2n) is 3.55. The lowest BCUT2D eigenvalue weighted by molar-refractivity contribution is 0.349. The fourth-order valence-corrected chi connectivity index (χ4v) is 1.52. The topological polar surface area (TPSA) is 107 Å². The smallest absolute Gasteiger partial charge is 0.283 e. The molecule has 2 aromatic rings. The van der Waals surface area contributed by atoms with Gasteiger partial charge in [0.2, 0.25) is 0 Å². The van der Waals surface area contributed by atoms with E-state index in [0.29, 0.717) is 22.8 Å². The minimum absolute atomic E-state index is 0.265. The zero-order valence-corrected chi connectivity index (χ0v) is 11.2. The number of rotatable bonds is 6. The Balaban J connectivity index is 2.23. The summed E-state index contributed by atoms with van der Waals surface area (Å²) in [7, 11) is 4.68. The van der Waals surface area contributed by atoms with E-state index in [1.165, 1.54) is 0 Å². The van der Waals surface area contributed by atoms with Crippen LogP contribution in [0.4, 0.5) is 5.95 Å². The highest BCUT2D eigenvalue weighted by atomic mass is 16.5. The van der Waals surface area contributed by atoms with Gasteiger partial charge in [-0.2, -0.15) is 10.3 Å². The zero-order valence-electron chi connectivity index (χ0n) is 11.2. The molecule has 0 atom stereocenters. The SMILES string of the molecule is COc1cc(OC)c(OC)cc1C=NNc1nn[nH]n1. The van der Waals surface area contributed by atoms with Gasteiger partial charge >= 0.3 is 0 Å². The van der Waals surface area contributed by atoms with Gasteiger partial charge in [-0.15, -0.1) is 5.10 Å². The number of benzene rings is 1. The third kappa shape index (κ3) is 2.94. The first-order valence-corrected chi connectivity index (χ1v) is 5.61. The van der Waals surface area contributed by atoms with Crippen LogP contribution in [0.1, 0.15) is 5.56 Å². The number of hydrogen-bond donors (Lipinski definition) is 2. The summed E-state index contributed by atoms with van der Waals surface area (Å²) in [6.45, 7) is 0. The molecule has 0 aliphatic heterocycles. The lowest BCUT2D eigenvalue weighted by Gasteiger charge is -2.11. The Hall–Kier alpha value is -2.84. The third-order valence-electron chi connectivity index (χ3n) is 2.45. The number of aromatic nitrogens is 4. The van der Waals surface area contributed by atoms with Crippen molar-refractivity contribution in [3.63, 3.8) is 0 Å². The van der Waals surface area contributed by atoms with E-state index in [4.69, 9.17) is 14.2 Å². The number of nitrogens with zero attached hydrogens (tertiary/aromatic N) is 4. The van der Waals surface area contributed by atoms with Crippen molar-refractivity contribution in [1.29, 1.82) is 0 Å². The molecule has 106 valence electrons.